The van der Waals surface area contributed by atoms with Crippen molar-refractivity contribution in [1.82, 2.24) is 5.32 Å². The zero-order valence-electron chi connectivity index (χ0n) is 14.7. The standard InChI is InChI=1S/C10H14O.C7H15N.C2H6/c1-2-8-11-9-10-6-4-3-5-7-10;1-4-5-6-7(2)8-3;1-2/h3-7H,2,8-9H2,1H3;8H,2,4-6H2,1,3H3;1-2H3. The molecule has 1 N–H and O–H groups in total. The smallest absolute Gasteiger partial charge is 0.0716 e. The van der Waals surface area contributed by atoms with Gasteiger partial charge < -0.3 is 10.1 Å². The normalized spacial score (nSPS) is 8.81. The summed E-state index contributed by atoms with van der Waals surface area (Å²) in [5, 5.41) is 3.01. The molecule has 21 heavy (non-hydrogen) atoms. The molecule has 0 aliphatic carbocycles. The second-order valence-electron chi connectivity index (χ2n) is 4.50. The van der Waals surface area contributed by atoms with Crippen molar-refractivity contribution >= 4 is 0 Å². The van der Waals surface area contributed by atoms with Crippen LogP contribution in [0.1, 0.15) is 58.9 Å². The van der Waals surface area contributed by atoms with Gasteiger partial charge in [-0.15, -0.1) is 0 Å². The first-order valence-electron chi connectivity index (χ1n) is 8.21. The van der Waals surface area contributed by atoms with Crippen molar-refractivity contribution in [2.45, 2.75) is 60.0 Å². The topological polar surface area (TPSA) is 21.3 Å². The Morgan fingerprint density at radius 3 is 2.19 bits per heavy atom. The summed E-state index contributed by atoms with van der Waals surface area (Å²) in [5.74, 6) is 0. The third kappa shape index (κ3) is 16.7. The number of allylic oxidation sites excluding steroid dienone is 1. The van der Waals surface area contributed by atoms with Crippen molar-refractivity contribution in [3.63, 3.8) is 0 Å². The molecule has 0 aromatic heterocycles. The molecule has 0 radical (unpaired) electrons. The summed E-state index contributed by atoms with van der Waals surface area (Å²) in [6.45, 7) is 13.7. The van der Waals surface area contributed by atoms with Gasteiger partial charge in [0.25, 0.3) is 0 Å². The monoisotopic (exact) mass is 293 g/mol. The van der Waals surface area contributed by atoms with E-state index in [4.69, 9.17) is 4.74 Å². The average Bonchev–Trinajstić information content (AvgIpc) is 2.56. The molecule has 0 amide bonds. The van der Waals surface area contributed by atoms with Gasteiger partial charge >= 0.3 is 0 Å². The van der Waals surface area contributed by atoms with Crippen LogP contribution >= 0.6 is 0 Å². The van der Waals surface area contributed by atoms with Crippen LogP contribution in [0.25, 0.3) is 0 Å². The highest BCUT2D eigenvalue weighted by molar-refractivity contribution is 5.13. The predicted molar refractivity (Wildman–Crippen MR) is 95.5 cm³/mol. The highest BCUT2D eigenvalue weighted by Gasteiger charge is 1.88. The number of hydrogen-bond acceptors (Lipinski definition) is 2. The molecular weight excluding hydrogens is 258 g/mol. The molecule has 1 rings (SSSR count). The van der Waals surface area contributed by atoms with Crippen LogP contribution in [-0.2, 0) is 11.3 Å². The quantitative estimate of drug-likeness (QED) is 0.634. The lowest BCUT2D eigenvalue weighted by atomic mass is 10.2. The number of benzene rings is 1. The number of nitrogens with one attached hydrogen (secondary N) is 1. The zero-order chi connectivity index (χ0) is 16.3. The molecule has 2 nitrogen and oxygen atoms in total. The minimum absolute atomic E-state index is 0.745. The van der Waals surface area contributed by atoms with Crippen molar-refractivity contribution in [2.75, 3.05) is 13.7 Å². The number of ether oxygens (including phenoxy) is 1. The molecule has 0 unspecified atom stereocenters. The first-order valence-corrected chi connectivity index (χ1v) is 8.21. The third-order valence-corrected chi connectivity index (χ3v) is 2.65. The lowest BCUT2D eigenvalue weighted by Crippen LogP contribution is -2.03. The molecule has 0 saturated carbocycles. The average molecular weight is 293 g/mol. The van der Waals surface area contributed by atoms with Gasteiger partial charge in [-0.25, -0.2) is 0 Å². The fourth-order valence-corrected chi connectivity index (χ4v) is 1.42. The molecule has 0 aliphatic heterocycles. The Morgan fingerprint density at radius 1 is 1.10 bits per heavy atom. The molecule has 1 aromatic rings. The van der Waals surface area contributed by atoms with Crippen molar-refractivity contribution in [3.8, 4) is 0 Å². The zero-order valence-corrected chi connectivity index (χ0v) is 14.7. The third-order valence-electron chi connectivity index (χ3n) is 2.65. The molecule has 0 bridgehead atoms. The van der Waals surface area contributed by atoms with Crippen LogP contribution < -0.4 is 5.32 Å². The number of unbranched alkanes of at least 4 members (excludes halogenated alkanes) is 1. The maximum absolute atomic E-state index is 5.37. The first kappa shape index (κ1) is 22.0. The van der Waals surface area contributed by atoms with Gasteiger partial charge in [-0.3, -0.25) is 0 Å². The summed E-state index contributed by atoms with van der Waals surface area (Å²) in [7, 11) is 1.91. The maximum Gasteiger partial charge on any atom is 0.0716 e. The van der Waals surface area contributed by atoms with Crippen molar-refractivity contribution in [2.24, 2.45) is 0 Å². The van der Waals surface area contributed by atoms with Gasteiger partial charge in [-0.2, -0.15) is 0 Å². The van der Waals surface area contributed by atoms with Crippen LogP contribution in [-0.4, -0.2) is 13.7 Å². The van der Waals surface area contributed by atoms with Crippen LogP contribution in [0.5, 0.6) is 0 Å². The summed E-state index contributed by atoms with van der Waals surface area (Å²) in [5.41, 5.74) is 2.40. The minimum atomic E-state index is 0.745. The van der Waals surface area contributed by atoms with E-state index in [0.29, 0.717) is 0 Å². The molecule has 0 atom stereocenters. The Hall–Kier alpha value is -1.28. The van der Waals surface area contributed by atoms with Gasteiger partial charge in [-0.05, 0) is 24.8 Å². The van der Waals surface area contributed by atoms with Crippen LogP contribution in [0.4, 0.5) is 0 Å². The van der Waals surface area contributed by atoms with E-state index < -0.39 is 0 Å². The van der Waals surface area contributed by atoms with Crippen molar-refractivity contribution in [1.29, 1.82) is 0 Å². The molecule has 0 heterocycles. The molecule has 1 aromatic carbocycles. The van der Waals surface area contributed by atoms with Crippen molar-refractivity contribution in [3.05, 3.63) is 48.2 Å². The summed E-state index contributed by atoms with van der Waals surface area (Å²) < 4.78 is 5.37. The summed E-state index contributed by atoms with van der Waals surface area (Å²) in [6, 6.07) is 10.2. The Labute approximate surface area is 132 Å². The molecule has 0 spiro atoms. The van der Waals surface area contributed by atoms with Crippen LogP contribution in [0, 0.1) is 0 Å². The van der Waals surface area contributed by atoms with E-state index in [1.807, 2.05) is 39.1 Å². The van der Waals surface area contributed by atoms with E-state index in [0.717, 1.165) is 31.8 Å². The first-order chi connectivity index (χ1) is 10.2. The van der Waals surface area contributed by atoms with E-state index in [1.54, 1.807) is 0 Å². The second kappa shape index (κ2) is 18.7. The van der Waals surface area contributed by atoms with Gasteiger partial charge in [0, 0.05) is 19.4 Å². The second-order valence-corrected chi connectivity index (χ2v) is 4.50. The number of rotatable bonds is 8. The number of hydrogen-bond donors (Lipinski definition) is 1. The van der Waals surface area contributed by atoms with Crippen molar-refractivity contribution < 1.29 is 4.74 Å². The molecule has 0 fully saturated rings. The van der Waals surface area contributed by atoms with Crippen LogP contribution in [0.15, 0.2) is 42.6 Å². The van der Waals surface area contributed by atoms with E-state index in [1.165, 1.54) is 18.4 Å². The highest BCUT2D eigenvalue weighted by Crippen LogP contribution is 2.00. The fraction of sp³-hybridized carbons (Fsp3) is 0.579. The largest absolute Gasteiger partial charge is 0.392 e. The lowest BCUT2D eigenvalue weighted by Gasteiger charge is -2.00. The Balaban J connectivity index is 0. The SMILES string of the molecule is C=C(CCCC)NC.CC.CCCOCc1ccccc1. The lowest BCUT2D eigenvalue weighted by molar-refractivity contribution is 0.121. The summed E-state index contributed by atoms with van der Waals surface area (Å²) >= 11 is 0. The molecule has 0 saturated heterocycles. The molecule has 0 aliphatic rings. The molecule has 122 valence electrons. The maximum atomic E-state index is 5.37. The fourth-order valence-electron chi connectivity index (χ4n) is 1.42. The Morgan fingerprint density at radius 2 is 1.71 bits per heavy atom. The van der Waals surface area contributed by atoms with Crippen LogP contribution in [0.3, 0.4) is 0 Å². The van der Waals surface area contributed by atoms with Crippen LogP contribution in [0.2, 0.25) is 0 Å². The van der Waals surface area contributed by atoms with Gasteiger partial charge in [0.05, 0.1) is 6.61 Å². The van der Waals surface area contributed by atoms with Gasteiger partial charge in [0.1, 0.15) is 0 Å². The summed E-state index contributed by atoms with van der Waals surface area (Å²) in [4.78, 5) is 0. The minimum Gasteiger partial charge on any atom is -0.392 e. The van der Waals surface area contributed by atoms with Gasteiger partial charge in [0.15, 0.2) is 0 Å². The Bertz CT molecular complexity index is 309. The van der Waals surface area contributed by atoms with Gasteiger partial charge in [0.2, 0.25) is 0 Å². The Kier molecular flexibility index (Phi) is 19.6. The van der Waals surface area contributed by atoms with E-state index >= 15 is 0 Å². The predicted octanol–water partition coefficient (Wildman–Crippen LogP) is 5.55. The molecule has 2 heteroatoms. The molecular formula is C19H35NO. The highest BCUT2D eigenvalue weighted by atomic mass is 16.5. The van der Waals surface area contributed by atoms with Gasteiger partial charge in [-0.1, -0.05) is 71.0 Å². The van der Waals surface area contributed by atoms with E-state index in [2.05, 4.69) is 37.9 Å². The van der Waals surface area contributed by atoms with E-state index in [9.17, 15) is 0 Å². The summed E-state index contributed by atoms with van der Waals surface area (Å²) in [6.07, 6.45) is 4.71. The van der Waals surface area contributed by atoms with E-state index in [-0.39, 0.29) is 0 Å².